The molecule has 10 aromatic rings. The molecule has 0 aliphatic carbocycles. The Balaban J connectivity index is 1.39. The van der Waals surface area contributed by atoms with Crippen LogP contribution in [0, 0.1) is 0 Å². The summed E-state index contributed by atoms with van der Waals surface area (Å²) in [6.07, 6.45) is 0. The lowest BCUT2D eigenvalue weighted by atomic mass is 9.83. The first-order valence-corrected chi connectivity index (χ1v) is 16.2. The number of para-hydroxylation sites is 1. The lowest BCUT2D eigenvalue weighted by molar-refractivity contribution is 0.669. The van der Waals surface area contributed by atoms with Gasteiger partial charge in [0.25, 0.3) is 0 Å². The molecule has 1 nitrogen and oxygen atoms in total. The SMILES string of the molecule is c1ccc2c(-c3cc(-c4c5ccccc5c(-c5cccc6ccccc56)c5ccccc45)c4c(c3)oc3ccccc34)cccc2c1. The second-order valence-corrected chi connectivity index (χ2v) is 12.4. The molecule has 0 N–H and O–H groups in total. The van der Waals surface area contributed by atoms with Crippen molar-refractivity contribution in [3.8, 4) is 33.4 Å². The fraction of sp³-hybridized carbons (Fsp3) is 0. The Morgan fingerprint density at radius 3 is 1.36 bits per heavy atom. The van der Waals surface area contributed by atoms with Crippen molar-refractivity contribution in [3.63, 3.8) is 0 Å². The Kier molecular flexibility index (Phi) is 5.64. The molecule has 0 bridgehead atoms. The molecule has 218 valence electrons. The molecule has 1 aromatic heterocycles. The monoisotopic (exact) mass is 596 g/mol. The average Bonchev–Trinajstić information content (AvgIpc) is 3.52. The summed E-state index contributed by atoms with van der Waals surface area (Å²) in [6, 6.07) is 61.5. The van der Waals surface area contributed by atoms with E-state index in [0.717, 1.165) is 27.5 Å². The van der Waals surface area contributed by atoms with Crippen molar-refractivity contribution in [1.29, 1.82) is 0 Å². The van der Waals surface area contributed by atoms with Crippen LogP contribution in [0.1, 0.15) is 0 Å². The summed E-state index contributed by atoms with van der Waals surface area (Å²) in [5.41, 5.74) is 9.10. The molecule has 0 fully saturated rings. The van der Waals surface area contributed by atoms with Crippen LogP contribution in [0.15, 0.2) is 174 Å². The molecule has 0 atom stereocenters. The van der Waals surface area contributed by atoms with E-state index in [2.05, 4.69) is 170 Å². The summed E-state index contributed by atoms with van der Waals surface area (Å²) < 4.78 is 6.65. The van der Waals surface area contributed by atoms with Gasteiger partial charge in [-0.3, -0.25) is 0 Å². The molecule has 0 amide bonds. The van der Waals surface area contributed by atoms with Crippen LogP contribution in [0.4, 0.5) is 0 Å². The summed E-state index contributed by atoms with van der Waals surface area (Å²) >= 11 is 0. The van der Waals surface area contributed by atoms with Crippen LogP contribution in [0.5, 0.6) is 0 Å². The lowest BCUT2D eigenvalue weighted by Crippen LogP contribution is -1.93. The molecular weight excluding hydrogens is 569 g/mol. The lowest BCUT2D eigenvalue weighted by Gasteiger charge is -2.20. The summed E-state index contributed by atoms with van der Waals surface area (Å²) in [6.45, 7) is 0. The Morgan fingerprint density at radius 1 is 0.298 bits per heavy atom. The topological polar surface area (TPSA) is 13.1 Å². The summed E-state index contributed by atoms with van der Waals surface area (Å²) in [5, 5.41) is 12.2. The number of benzene rings is 9. The van der Waals surface area contributed by atoms with E-state index >= 15 is 0 Å². The minimum Gasteiger partial charge on any atom is -0.456 e. The van der Waals surface area contributed by atoms with Crippen LogP contribution in [-0.4, -0.2) is 0 Å². The van der Waals surface area contributed by atoms with Gasteiger partial charge >= 0.3 is 0 Å². The summed E-state index contributed by atoms with van der Waals surface area (Å²) in [7, 11) is 0. The third-order valence-electron chi connectivity index (χ3n) is 9.84. The Morgan fingerprint density at radius 2 is 0.745 bits per heavy atom. The Labute approximate surface area is 271 Å². The number of hydrogen-bond acceptors (Lipinski definition) is 1. The number of hydrogen-bond donors (Lipinski definition) is 0. The van der Waals surface area contributed by atoms with E-state index < -0.39 is 0 Å². The van der Waals surface area contributed by atoms with E-state index in [1.54, 1.807) is 0 Å². The molecule has 0 unspecified atom stereocenters. The highest BCUT2D eigenvalue weighted by Crippen LogP contribution is 2.49. The highest BCUT2D eigenvalue weighted by molar-refractivity contribution is 6.27. The van der Waals surface area contributed by atoms with E-state index in [-0.39, 0.29) is 0 Å². The second kappa shape index (κ2) is 10.2. The molecule has 1 heteroatoms. The van der Waals surface area contributed by atoms with E-state index in [0.29, 0.717) is 0 Å². The molecule has 47 heavy (non-hydrogen) atoms. The quantitative estimate of drug-likeness (QED) is 0.185. The minimum atomic E-state index is 0.901. The zero-order chi connectivity index (χ0) is 30.9. The molecule has 0 saturated carbocycles. The van der Waals surface area contributed by atoms with Gasteiger partial charge in [0, 0.05) is 10.8 Å². The maximum Gasteiger partial charge on any atom is 0.136 e. The van der Waals surface area contributed by atoms with Crippen LogP contribution < -0.4 is 0 Å². The fourth-order valence-electron chi connectivity index (χ4n) is 7.84. The van der Waals surface area contributed by atoms with Crippen molar-refractivity contribution in [2.75, 3.05) is 0 Å². The molecular formula is C46H28O. The first kappa shape index (κ1) is 26.1. The molecule has 0 radical (unpaired) electrons. The molecule has 9 aromatic carbocycles. The van der Waals surface area contributed by atoms with Crippen LogP contribution in [0.25, 0.3) is 98.4 Å². The Hall–Kier alpha value is -6.18. The van der Waals surface area contributed by atoms with Gasteiger partial charge < -0.3 is 4.42 Å². The van der Waals surface area contributed by atoms with Crippen molar-refractivity contribution in [3.05, 3.63) is 170 Å². The van der Waals surface area contributed by atoms with Crippen LogP contribution in [0.3, 0.4) is 0 Å². The third-order valence-corrected chi connectivity index (χ3v) is 9.84. The van der Waals surface area contributed by atoms with E-state index in [4.69, 9.17) is 4.42 Å². The highest BCUT2D eigenvalue weighted by atomic mass is 16.3. The maximum atomic E-state index is 6.65. The molecule has 1 heterocycles. The largest absolute Gasteiger partial charge is 0.456 e. The molecule has 0 saturated heterocycles. The zero-order valence-corrected chi connectivity index (χ0v) is 25.6. The van der Waals surface area contributed by atoms with E-state index in [1.807, 2.05) is 0 Å². The third kappa shape index (κ3) is 3.90. The summed E-state index contributed by atoms with van der Waals surface area (Å²) in [4.78, 5) is 0. The predicted molar refractivity (Wildman–Crippen MR) is 200 cm³/mol. The van der Waals surface area contributed by atoms with Crippen LogP contribution in [-0.2, 0) is 0 Å². The molecule has 0 spiro atoms. The predicted octanol–water partition coefficient (Wildman–Crippen LogP) is 13.2. The van der Waals surface area contributed by atoms with Crippen molar-refractivity contribution >= 4 is 65.0 Å². The first-order valence-electron chi connectivity index (χ1n) is 16.2. The van der Waals surface area contributed by atoms with Gasteiger partial charge in [-0.25, -0.2) is 0 Å². The van der Waals surface area contributed by atoms with E-state index in [9.17, 15) is 0 Å². The van der Waals surface area contributed by atoms with Crippen molar-refractivity contribution in [2.24, 2.45) is 0 Å². The van der Waals surface area contributed by atoms with Gasteiger partial charge in [0.2, 0.25) is 0 Å². The normalized spacial score (nSPS) is 11.8. The molecule has 0 aliphatic rings. The van der Waals surface area contributed by atoms with Crippen LogP contribution in [0.2, 0.25) is 0 Å². The van der Waals surface area contributed by atoms with Crippen molar-refractivity contribution in [2.45, 2.75) is 0 Å². The average molecular weight is 597 g/mol. The van der Waals surface area contributed by atoms with Gasteiger partial charge in [0.1, 0.15) is 11.2 Å². The molecule has 10 rings (SSSR count). The minimum absolute atomic E-state index is 0.901. The second-order valence-electron chi connectivity index (χ2n) is 12.4. The summed E-state index contributed by atoms with van der Waals surface area (Å²) in [5.74, 6) is 0. The smallest absolute Gasteiger partial charge is 0.136 e. The first-order chi connectivity index (χ1) is 23.3. The Bertz CT molecular complexity index is 2780. The maximum absolute atomic E-state index is 6.65. The zero-order valence-electron chi connectivity index (χ0n) is 25.6. The van der Waals surface area contributed by atoms with Crippen molar-refractivity contribution < 1.29 is 4.42 Å². The molecule has 0 aliphatic heterocycles. The van der Waals surface area contributed by atoms with Gasteiger partial charge in [0.05, 0.1) is 0 Å². The number of fused-ring (bicyclic) bond motifs is 7. The van der Waals surface area contributed by atoms with Gasteiger partial charge in [-0.1, -0.05) is 152 Å². The standard InChI is InChI=1S/C46H28O/c1-3-17-32-29(13-1)15-11-24-34(32)31-27-41(46-40-23-9-10-26-42(40)47-43(46)28-31)45-38-21-7-5-19-36(38)44(37-20-6-8-22-39(37)45)35-25-12-16-30-14-2-4-18-33(30)35/h1-28H. The van der Waals surface area contributed by atoms with Crippen molar-refractivity contribution in [1.82, 2.24) is 0 Å². The van der Waals surface area contributed by atoms with E-state index in [1.165, 1.54) is 70.9 Å². The van der Waals surface area contributed by atoms with Gasteiger partial charge in [-0.15, -0.1) is 0 Å². The van der Waals surface area contributed by atoms with Gasteiger partial charge in [-0.2, -0.15) is 0 Å². The number of furan rings is 1. The number of rotatable bonds is 3. The van der Waals surface area contributed by atoms with Gasteiger partial charge in [-0.05, 0) is 94.7 Å². The fourth-order valence-corrected chi connectivity index (χ4v) is 7.84. The highest BCUT2D eigenvalue weighted by Gasteiger charge is 2.22. The van der Waals surface area contributed by atoms with Crippen LogP contribution >= 0.6 is 0 Å². The van der Waals surface area contributed by atoms with Gasteiger partial charge in [0.15, 0.2) is 0 Å².